The Morgan fingerprint density at radius 1 is 0.276 bits per heavy atom. The summed E-state index contributed by atoms with van der Waals surface area (Å²) in [6.45, 7) is 21.0. The molecule has 0 aromatic carbocycles. The third kappa shape index (κ3) is 48.9. The van der Waals surface area contributed by atoms with Gasteiger partial charge in [0, 0.05) is 96.6 Å². The molecule has 0 aliphatic carbocycles. The highest BCUT2D eigenvalue weighted by atomic mass is 16.6. The molecule has 0 radical (unpaired) electrons. The Labute approximate surface area is 736 Å². The first-order valence-electron chi connectivity index (χ1n) is 42.0. The first-order chi connectivity index (χ1) is 62.3. The number of carboxylic acid groups (broad SMARTS) is 1. The molecule has 43 nitrogen and oxygen atoms in total. The first-order valence-corrected chi connectivity index (χ1v) is 42.0. The molecule has 0 saturated carbocycles. The molecule has 5 amide bonds. The molecule has 0 fully saturated rings. The largest absolute Gasteiger partial charge is 0.481 e. The highest BCUT2D eigenvalue weighted by molar-refractivity contribution is 5.92. The Balaban J connectivity index is 0.000000275. The van der Waals surface area contributed by atoms with Gasteiger partial charge in [-0.2, -0.15) is 0 Å². The van der Waals surface area contributed by atoms with E-state index in [9.17, 15) is 28.8 Å². The Morgan fingerprint density at radius 3 is 0.724 bits per heavy atom. The second-order valence-corrected chi connectivity index (χ2v) is 26.5. The first kappa shape index (κ1) is 104. The number of nitrogens with one attached hydrogen (secondary N) is 5. The van der Waals surface area contributed by atoms with Crippen LogP contribution < -0.4 is 32.3 Å². The van der Waals surface area contributed by atoms with E-state index < -0.39 is 5.97 Å². The van der Waals surface area contributed by atoms with Crippen LogP contribution in [0.4, 0.5) is 17.1 Å². The Hall–Kier alpha value is -12.0. The number of carboxylic acids is 1. The van der Waals surface area contributed by atoms with E-state index in [0.717, 1.165) is 39.1 Å². The summed E-state index contributed by atoms with van der Waals surface area (Å²) in [5, 5.41) is 70.8. The number of pyridine rings is 6. The maximum atomic E-state index is 12.3. The molecular weight excluding hydrogens is 1650 g/mol. The predicted molar refractivity (Wildman–Crippen MR) is 463 cm³/mol. The second-order valence-electron chi connectivity index (χ2n) is 26.5. The topological polar surface area (TPSA) is 552 Å². The number of aliphatic carboxylic acids is 1. The SMILES string of the molecule is CCCOCCOCCOCCOCCN.CCCOCCOCCOCCOCCNC(=O)CCCC(=O)Nc1ccc(-c2nnc(-c3ccccn3)nn2)nc1.CCCOCCOCCOCCOCCNC(=O)CCCC(=O)Nc1ccc(-c2nnc(-c3ccccn3)nn2)nc1.O=C(O)CCCC(=O)Nc1ccc(-c2nnc(-c3ccccn3)nn2)nc1. The molecule has 9 aromatic rings. The molecule has 43 heteroatoms. The number of aromatic nitrogens is 18. The van der Waals surface area contributed by atoms with Crippen molar-refractivity contribution in [3.05, 3.63) is 128 Å². The van der Waals surface area contributed by atoms with Gasteiger partial charge in [0.05, 0.1) is 174 Å². The zero-order chi connectivity index (χ0) is 90.3. The Bertz CT molecular complexity index is 4180. The minimum atomic E-state index is -0.926. The van der Waals surface area contributed by atoms with Gasteiger partial charge in [0.1, 0.15) is 34.2 Å². The van der Waals surface area contributed by atoms with E-state index in [-0.39, 0.29) is 92.0 Å². The average molecular weight is 1770 g/mol. The van der Waals surface area contributed by atoms with Gasteiger partial charge in [-0.05, 0) is 111 Å². The number of nitrogens with two attached hydrogens (primary N) is 1. The summed E-state index contributed by atoms with van der Waals surface area (Å²) in [5.41, 5.74) is 9.87. The van der Waals surface area contributed by atoms with Crippen molar-refractivity contribution in [2.45, 2.75) is 97.8 Å². The molecule has 0 spiro atoms. The normalized spacial score (nSPS) is 10.8. The standard InChI is InChI=1S/2C28H38N8O6.C17H15N7O3.C11H25NO4/c2*1-2-13-39-15-17-41-19-20-42-18-16-40-14-12-30-25(37)7-5-8-26(38)32-22-9-10-24(31-21-22)28-35-33-27(34-36-28)23-6-3-4-11-29-23;25-14(5-3-6-15(26)27)20-11-7-8-13(19-10-11)17-23-21-16(22-24-17)12-4-1-2-9-18-12;1-2-4-13-6-8-15-10-11-16-9-7-14-5-3-12/h2*3-4,6,9-11,21H,2,5,7-8,12-20H2,1H3,(H,30,37)(H,32,38);1-2,4,7-10H,3,5-6H2,(H,20,25)(H,26,27);2-12H2,1H3. The van der Waals surface area contributed by atoms with Crippen LogP contribution in [0.5, 0.6) is 0 Å². The zero-order valence-electron chi connectivity index (χ0n) is 72.1. The summed E-state index contributed by atoms with van der Waals surface area (Å²) in [4.78, 5) is 95.9. The molecule has 127 heavy (non-hydrogen) atoms. The Morgan fingerprint density at radius 2 is 0.504 bits per heavy atom. The summed E-state index contributed by atoms with van der Waals surface area (Å²) < 4.78 is 64.1. The van der Waals surface area contributed by atoms with Gasteiger partial charge in [-0.3, -0.25) is 58.7 Å². The number of rotatable bonds is 62. The van der Waals surface area contributed by atoms with Crippen molar-refractivity contribution in [1.29, 1.82) is 0 Å². The predicted octanol–water partition coefficient (Wildman–Crippen LogP) is 6.19. The number of amides is 5. The van der Waals surface area contributed by atoms with Gasteiger partial charge in [0.2, 0.25) is 64.5 Å². The van der Waals surface area contributed by atoms with Crippen molar-refractivity contribution in [1.82, 2.24) is 102 Å². The molecule has 0 aliphatic rings. The maximum Gasteiger partial charge on any atom is 0.303 e. The fraction of sp³-hybridized carbons (Fsp3) is 0.500. The molecule has 9 heterocycles. The number of ether oxygens (including phenoxy) is 12. The molecule has 9 rings (SSSR count). The van der Waals surface area contributed by atoms with Crippen LogP contribution in [-0.4, -0.2) is 310 Å². The molecule has 9 aromatic heterocycles. The minimum absolute atomic E-state index is 0.0452. The summed E-state index contributed by atoms with van der Waals surface area (Å²) in [7, 11) is 0. The van der Waals surface area contributed by atoms with Crippen molar-refractivity contribution in [2.24, 2.45) is 5.73 Å². The van der Waals surface area contributed by atoms with Crippen molar-refractivity contribution >= 4 is 52.6 Å². The number of carbonyl (C=O) groups excluding carboxylic acids is 5. The summed E-state index contributed by atoms with van der Waals surface area (Å²) in [6.07, 6.45) is 14.5. The molecule has 686 valence electrons. The second kappa shape index (κ2) is 68.3. The average Bonchev–Trinajstić information content (AvgIpc) is 0.846. The number of hydrogen-bond acceptors (Lipinski definition) is 37. The van der Waals surface area contributed by atoms with Gasteiger partial charge in [-0.25, -0.2) is 0 Å². The van der Waals surface area contributed by atoms with E-state index in [0.29, 0.717) is 240 Å². The lowest BCUT2D eigenvalue weighted by Gasteiger charge is -2.08. The lowest BCUT2D eigenvalue weighted by atomic mass is 10.2. The maximum absolute atomic E-state index is 12.3. The summed E-state index contributed by atoms with van der Waals surface area (Å²) in [5.74, 6) is -0.208. The third-order valence-corrected chi connectivity index (χ3v) is 16.2. The number of carbonyl (C=O) groups is 6. The third-order valence-electron chi connectivity index (χ3n) is 16.2. The van der Waals surface area contributed by atoms with Crippen molar-refractivity contribution in [2.75, 3.05) is 194 Å². The molecule has 8 N–H and O–H groups in total. The van der Waals surface area contributed by atoms with Gasteiger partial charge in [-0.1, -0.05) is 39.0 Å². The lowest BCUT2D eigenvalue weighted by molar-refractivity contribution is -0.137. The number of anilines is 3. The fourth-order valence-electron chi connectivity index (χ4n) is 9.98. The summed E-state index contributed by atoms with van der Waals surface area (Å²) >= 11 is 0. The highest BCUT2D eigenvalue weighted by Crippen LogP contribution is 2.20. The van der Waals surface area contributed by atoms with Crippen molar-refractivity contribution < 1.29 is 90.7 Å². The van der Waals surface area contributed by atoms with Gasteiger partial charge in [-0.15, -0.1) is 61.2 Å². The van der Waals surface area contributed by atoms with Crippen LogP contribution in [0.2, 0.25) is 0 Å². The molecular formula is C84H116N24O19. The monoisotopic (exact) mass is 1760 g/mol. The van der Waals surface area contributed by atoms with E-state index in [2.05, 4.69) is 138 Å². The van der Waals surface area contributed by atoms with Crippen LogP contribution in [0.15, 0.2) is 128 Å². The minimum Gasteiger partial charge on any atom is -0.481 e. The van der Waals surface area contributed by atoms with Gasteiger partial charge in [0.15, 0.2) is 0 Å². The van der Waals surface area contributed by atoms with Crippen LogP contribution in [0.1, 0.15) is 97.8 Å². The van der Waals surface area contributed by atoms with Gasteiger partial charge < -0.3 is 94.3 Å². The van der Waals surface area contributed by atoms with E-state index >= 15 is 0 Å². The van der Waals surface area contributed by atoms with E-state index in [1.54, 1.807) is 91.4 Å². The summed E-state index contributed by atoms with van der Waals surface area (Å²) in [6, 6.07) is 26.1. The number of nitrogens with zero attached hydrogens (tertiary/aromatic N) is 18. The lowest BCUT2D eigenvalue weighted by Crippen LogP contribution is -2.27. The van der Waals surface area contributed by atoms with E-state index in [1.807, 2.05) is 18.2 Å². The van der Waals surface area contributed by atoms with Crippen molar-refractivity contribution in [3.8, 4) is 69.1 Å². The van der Waals surface area contributed by atoms with E-state index in [4.69, 9.17) is 67.7 Å². The molecule has 0 saturated heterocycles. The molecule has 0 aliphatic heterocycles. The van der Waals surface area contributed by atoms with Crippen LogP contribution in [0, 0.1) is 0 Å². The smallest absolute Gasteiger partial charge is 0.303 e. The molecule has 0 atom stereocenters. The van der Waals surface area contributed by atoms with Crippen LogP contribution in [0.25, 0.3) is 69.1 Å². The fourth-order valence-corrected chi connectivity index (χ4v) is 9.98. The van der Waals surface area contributed by atoms with Gasteiger partial charge >= 0.3 is 5.97 Å². The van der Waals surface area contributed by atoms with Crippen molar-refractivity contribution in [3.63, 3.8) is 0 Å². The highest BCUT2D eigenvalue weighted by Gasteiger charge is 2.16. The van der Waals surface area contributed by atoms with E-state index in [1.165, 1.54) is 18.6 Å². The van der Waals surface area contributed by atoms with Crippen LogP contribution in [0.3, 0.4) is 0 Å². The Kier molecular flexibility index (Phi) is 55.8. The molecule has 0 bridgehead atoms. The molecule has 0 unspecified atom stereocenters. The zero-order valence-corrected chi connectivity index (χ0v) is 72.1. The quantitative estimate of drug-likeness (QED) is 0.0209. The van der Waals surface area contributed by atoms with Crippen LogP contribution >= 0.6 is 0 Å². The number of hydrogen-bond donors (Lipinski definition) is 7. The van der Waals surface area contributed by atoms with Gasteiger partial charge in [0.25, 0.3) is 0 Å². The van der Waals surface area contributed by atoms with Crippen LogP contribution in [-0.2, 0) is 85.6 Å².